The molecule has 1 aliphatic rings. The molecule has 6 heteroatoms. The first-order valence-corrected chi connectivity index (χ1v) is 8.69. The summed E-state index contributed by atoms with van der Waals surface area (Å²) in [5.74, 6) is 1.48. The summed E-state index contributed by atoms with van der Waals surface area (Å²) >= 11 is 1.68. The van der Waals surface area contributed by atoms with E-state index in [9.17, 15) is 4.79 Å². The molecule has 1 amide bonds. The van der Waals surface area contributed by atoms with Crippen LogP contribution in [0.5, 0.6) is 5.75 Å². The summed E-state index contributed by atoms with van der Waals surface area (Å²) in [5.41, 5.74) is 1.03. The standard InChI is InChI=1S/C17H21N3O2S/c1-12(2)20(10-13-8-18-19(3)9-13)17(21)15-11-23-16-7-5-4-6-14(16)22-15/h4-9,12,15H,10-11H2,1-3H3. The molecule has 1 unspecified atom stereocenters. The van der Waals surface area contributed by atoms with Gasteiger partial charge in [-0.25, -0.2) is 0 Å². The number of aryl methyl sites for hydroxylation is 1. The van der Waals surface area contributed by atoms with Crippen molar-refractivity contribution in [3.63, 3.8) is 0 Å². The molecule has 2 heterocycles. The number of carbonyl (C=O) groups excluding carboxylic acids is 1. The first-order valence-electron chi connectivity index (χ1n) is 7.71. The summed E-state index contributed by atoms with van der Waals surface area (Å²) in [6.45, 7) is 4.60. The van der Waals surface area contributed by atoms with Crippen LogP contribution in [-0.4, -0.2) is 38.5 Å². The number of amides is 1. The Kier molecular flexibility index (Phi) is 4.61. The zero-order chi connectivity index (χ0) is 16.4. The van der Waals surface area contributed by atoms with Crippen LogP contribution in [0, 0.1) is 0 Å². The van der Waals surface area contributed by atoms with Gasteiger partial charge in [0.05, 0.1) is 6.20 Å². The number of hydrogen-bond acceptors (Lipinski definition) is 4. The van der Waals surface area contributed by atoms with Gasteiger partial charge in [-0.2, -0.15) is 5.10 Å². The molecule has 2 aromatic rings. The van der Waals surface area contributed by atoms with Crippen LogP contribution in [0.2, 0.25) is 0 Å². The Morgan fingerprint density at radius 3 is 2.96 bits per heavy atom. The lowest BCUT2D eigenvalue weighted by Gasteiger charge is -2.32. The molecule has 0 radical (unpaired) electrons. The minimum atomic E-state index is -0.436. The second-order valence-electron chi connectivity index (χ2n) is 5.95. The van der Waals surface area contributed by atoms with E-state index in [2.05, 4.69) is 5.10 Å². The van der Waals surface area contributed by atoms with Gasteiger partial charge in [-0.15, -0.1) is 11.8 Å². The summed E-state index contributed by atoms with van der Waals surface area (Å²) in [5, 5.41) is 4.17. The van der Waals surface area contributed by atoms with E-state index < -0.39 is 6.10 Å². The molecule has 0 N–H and O–H groups in total. The van der Waals surface area contributed by atoms with Crippen molar-refractivity contribution in [1.82, 2.24) is 14.7 Å². The van der Waals surface area contributed by atoms with Crippen LogP contribution in [-0.2, 0) is 18.4 Å². The molecule has 0 fully saturated rings. The zero-order valence-electron chi connectivity index (χ0n) is 13.6. The fourth-order valence-electron chi connectivity index (χ4n) is 2.59. The van der Waals surface area contributed by atoms with Gasteiger partial charge < -0.3 is 9.64 Å². The van der Waals surface area contributed by atoms with Gasteiger partial charge in [-0.1, -0.05) is 12.1 Å². The van der Waals surface area contributed by atoms with Crippen LogP contribution in [0.15, 0.2) is 41.6 Å². The second kappa shape index (κ2) is 6.66. The van der Waals surface area contributed by atoms with Crippen LogP contribution in [0.25, 0.3) is 0 Å². The highest BCUT2D eigenvalue weighted by Gasteiger charge is 2.31. The number of rotatable bonds is 4. The van der Waals surface area contributed by atoms with Crippen molar-refractivity contribution in [2.45, 2.75) is 37.4 Å². The van der Waals surface area contributed by atoms with Crippen molar-refractivity contribution in [3.05, 3.63) is 42.2 Å². The van der Waals surface area contributed by atoms with E-state index in [1.54, 1.807) is 22.6 Å². The Morgan fingerprint density at radius 1 is 1.48 bits per heavy atom. The number of fused-ring (bicyclic) bond motifs is 1. The number of benzene rings is 1. The summed E-state index contributed by atoms with van der Waals surface area (Å²) in [4.78, 5) is 15.9. The van der Waals surface area contributed by atoms with E-state index in [1.807, 2.05) is 56.3 Å². The predicted molar refractivity (Wildman–Crippen MR) is 90.5 cm³/mol. The molecule has 0 aliphatic carbocycles. The molecular weight excluding hydrogens is 310 g/mol. The average Bonchev–Trinajstić information content (AvgIpc) is 2.96. The van der Waals surface area contributed by atoms with Crippen molar-refractivity contribution in [2.24, 2.45) is 7.05 Å². The lowest BCUT2D eigenvalue weighted by atomic mass is 10.2. The van der Waals surface area contributed by atoms with E-state index in [0.717, 1.165) is 16.2 Å². The van der Waals surface area contributed by atoms with Gasteiger partial charge in [-0.3, -0.25) is 9.48 Å². The predicted octanol–water partition coefficient (Wildman–Crippen LogP) is 2.71. The molecule has 0 saturated heterocycles. The third-order valence-electron chi connectivity index (χ3n) is 3.80. The highest BCUT2D eigenvalue weighted by atomic mass is 32.2. The van der Waals surface area contributed by atoms with E-state index in [1.165, 1.54) is 0 Å². The maximum atomic E-state index is 12.9. The van der Waals surface area contributed by atoms with E-state index >= 15 is 0 Å². The van der Waals surface area contributed by atoms with Gasteiger partial charge in [0, 0.05) is 42.0 Å². The Bertz CT molecular complexity index is 699. The number of hydrogen-bond donors (Lipinski definition) is 0. The van der Waals surface area contributed by atoms with Crippen molar-refractivity contribution < 1.29 is 9.53 Å². The molecular formula is C17H21N3O2S. The quantitative estimate of drug-likeness (QED) is 0.864. The molecule has 0 spiro atoms. The highest BCUT2D eigenvalue weighted by molar-refractivity contribution is 7.99. The Balaban J connectivity index is 1.74. The van der Waals surface area contributed by atoms with E-state index in [0.29, 0.717) is 12.3 Å². The highest BCUT2D eigenvalue weighted by Crippen LogP contribution is 2.35. The molecule has 122 valence electrons. The molecule has 1 aromatic heterocycles. The first-order chi connectivity index (χ1) is 11.0. The fraction of sp³-hybridized carbons (Fsp3) is 0.412. The average molecular weight is 331 g/mol. The summed E-state index contributed by atoms with van der Waals surface area (Å²) in [7, 11) is 1.88. The minimum Gasteiger partial charge on any atom is -0.479 e. The maximum Gasteiger partial charge on any atom is 0.265 e. The van der Waals surface area contributed by atoms with Gasteiger partial charge in [0.25, 0.3) is 5.91 Å². The van der Waals surface area contributed by atoms with Crippen molar-refractivity contribution in [3.8, 4) is 5.75 Å². The number of thioether (sulfide) groups is 1. The lowest BCUT2D eigenvalue weighted by molar-refractivity contribution is -0.140. The van der Waals surface area contributed by atoms with Crippen LogP contribution < -0.4 is 4.74 Å². The van der Waals surface area contributed by atoms with Gasteiger partial charge in [0.2, 0.25) is 0 Å². The number of ether oxygens (including phenoxy) is 1. The van der Waals surface area contributed by atoms with Gasteiger partial charge in [0.1, 0.15) is 5.75 Å². The largest absolute Gasteiger partial charge is 0.479 e. The van der Waals surface area contributed by atoms with Crippen molar-refractivity contribution in [2.75, 3.05) is 5.75 Å². The SMILES string of the molecule is CC(C)N(Cc1cnn(C)c1)C(=O)C1CSc2ccccc2O1. The van der Waals surface area contributed by atoms with Crippen LogP contribution in [0.3, 0.4) is 0 Å². The molecule has 1 aliphatic heterocycles. The molecule has 23 heavy (non-hydrogen) atoms. The fourth-order valence-corrected chi connectivity index (χ4v) is 3.57. The molecule has 0 saturated carbocycles. The Morgan fingerprint density at radius 2 is 2.26 bits per heavy atom. The van der Waals surface area contributed by atoms with E-state index in [-0.39, 0.29) is 11.9 Å². The number of nitrogens with zero attached hydrogens (tertiary/aromatic N) is 3. The summed E-state index contributed by atoms with van der Waals surface area (Å²) < 4.78 is 7.69. The third-order valence-corrected chi connectivity index (χ3v) is 4.92. The molecule has 5 nitrogen and oxygen atoms in total. The topological polar surface area (TPSA) is 47.4 Å². The molecule has 3 rings (SSSR count). The van der Waals surface area contributed by atoms with Crippen LogP contribution >= 0.6 is 11.8 Å². The lowest BCUT2D eigenvalue weighted by Crippen LogP contribution is -2.46. The van der Waals surface area contributed by atoms with Crippen molar-refractivity contribution in [1.29, 1.82) is 0 Å². The molecule has 1 aromatic carbocycles. The number of aromatic nitrogens is 2. The summed E-state index contributed by atoms with van der Waals surface area (Å²) in [6, 6.07) is 7.97. The Hall–Kier alpha value is -1.95. The maximum absolute atomic E-state index is 12.9. The molecule has 0 bridgehead atoms. The minimum absolute atomic E-state index is 0.0332. The third kappa shape index (κ3) is 3.52. The van der Waals surface area contributed by atoms with Gasteiger partial charge in [0.15, 0.2) is 6.10 Å². The number of para-hydroxylation sites is 1. The van der Waals surface area contributed by atoms with E-state index in [4.69, 9.17) is 4.74 Å². The molecule has 1 atom stereocenters. The van der Waals surface area contributed by atoms with Crippen LogP contribution in [0.4, 0.5) is 0 Å². The second-order valence-corrected chi connectivity index (χ2v) is 7.01. The van der Waals surface area contributed by atoms with Crippen molar-refractivity contribution >= 4 is 17.7 Å². The zero-order valence-corrected chi connectivity index (χ0v) is 14.4. The monoisotopic (exact) mass is 331 g/mol. The number of carbonyl (C=O) groups is 1. The Labute approximate surface area is 140 Å². The first kappa shape index (κ1) is 15.9. The summed E-state index contributed by atoms with van der Waals surface area (Å²) in [6.07, 6.45) is 3.30. The van der Waals surface area contributed by atoms with Gasteiger partial charge in [-0.05, 0) is 26.0 Å². The van der Waals surface area contributed by atoms with Gasteiger partial charge >= 0.3 is 0 Å². The normalized spacial score (nSPS) is 16.8. The van der Waals surface area contributed by atoms with Crippen LogP contribution in [0.1, 0.15) is 19.4 Å². The smallest absolute Gasteiger partial charge is 0.265 e.